The standard InChI is InChI=1S/C15H22N2S/c1-12-7-14(2,3)10-15(8-12,11-16)17-9-13-5-4-6-18-13/h4-6,12,17H,7-10H2,1-3H3. The van der Waals surface area contributed by atoms with E-state index in [1.165, 1.54) is 11.3 Å². The molecule has 3 heteroatoms. The highest BCUT2D eigenvalue weighted by Gasteiger charge is 2.42. The zero-order chi connectivity index (χ0) is 13.2. The van der Waals surface area contributed by atoms with Crippen molar-refractivity contribution in [1.29, 1.82) is 5.26 Å². The summed E-state index contributed by atoms with van der Waals surface area (Å²) in [4.78, 5) is 1.31. The predicted octanol–water partition coefficient (Wildman–Crippen LogP) is 3.95. The Kier molecular flexibility index (Phi) is 3.79. The molecule has 0 amide bonds. The third kappa shape index (κ3) is 3.13. The Hall–Kier alpha value is -0.850. The molecule has 1 N–H and O–H groups in total. The third-order valence-corrected chi connectivity index (χ3v) is 4.65. The van der Waals surface area contributed by atoms with Gasteiger partial charge in [0.2, 0.25) is 0 Å². The summed E-state index contributed by atoms with van der Waals surface area (Å²) in [6.45, 7) is 7.64. The second-order valence-electron chi connectivity index (χ2n) is 6.48. The molecule has 2 atom stereocenters. The van der Waals surface area contributed by atoms with Crippen LogP contribution in [-0.2, 0) is 6.54 Å². The maximum absolute atomic E-state index is 9.61. The Balaban J connectivity index is 2.08. The molecule has 0 saturated heterocycles. The highest BCUT2D eigenvalue weighted by atomic mass is 32.1. The lowest BCUT2D eigenvalue weighted by Crippen LogP contribution is -2.51. The molecular formula is C15H22N2S. The van der Waals surface area contributed by atoms with Gasteiger partial charge in [-0.25, -0.2) is 0 Å². The van der Waals surface area contributed by atoms with Crippen molar-refractivity contribution >= 4 is 11.3 Å². The van der Waals surface area contributed by atoms with E-state index in [1.54, 1.807) is 11.3 Å². The summed E-state index contributed by atoms with van der Waals surface area (Å²) in [6.07, 6.45) is 3.14. The van der Waals surface area contributed by atoms with Crippen LogP contribution in [-0.4, -0.2) is 5.54 Å². The molecule has 0 aromatic carbocycles. The van der Waals surface area contributed by atoms with Gasteiger partial charge in [-0.2, -0.15) is 5.26 Å². The van der Waals surface area contributed by atoms with Gasteiger partial charge in [0, 0.05) is 11.4 Å². The quantitative estimate of drug-likeness (QED) is 0.895. The zero-order valence-electron chi connectivity index (χ0n) is 11.5. The van der Waals surface area contributed by atoms with E-state index in [0.717, 1.165) is 19.4 Å². The first-order valence-corrected chi connectivity index (χ1v) is 7.51. The van der Waals surface area contributed by atoms with Crippen molar-refractivity contribution in [3.63, 3.8) is 0 Å². The average molecular weight is 262 g/mol. The molecule has 2 nitrogen and oxygen atoms in total. The monoisotopic (exact) mass is 262 g/mol. The van der Waals surface area contributed by atoms with E-state index in [2.05, 4.69) is 49.7 Å². The maximum atomic E-state index is 9.61. The Bertz CT molecular complexity index is 430. The number of hydrogen-bond donors (Lipinski definition) is 1. The number of nitrogens with one attached hydrogen (secondary N) is 1. The maximum Gasteiger partial charge on any atom is 0.107 e. The van der Waals surface area contributed by atoms with Crippen molar-refractivity contribution in [2.45, 2.75) is 52.1 Å². The molecule has 1 aliphatic rings. The van der Waals surface area contributed by atoms with E-state index in [-0.39, 0.29) is 11.0 Å². The lowest BCUT2D eigenvalue weighted by Gasteiger charge is -2.44. The normalized spacial score (nSPS) is 30.9. The van der Waals surface area contributed by atoms with Gasteiger partial charge in [-0.05, 0) is 42.0 Å². The SMILES string of the molecule is CC1CC(C)(C)CC(C#N)(NCc2cccs2)C1. The van der Waals surface area contributed by atoms with Crippen LogP contribution in [0.3, 0.4) is 0 Å². The van der Waals surface area contributed by atoms with Crippen molar-refractivity contribution in [1.82, 2.24) is 5.32 Å². The second-order valence-corrected chi connectivity index (χ2v) is 7.51. The van der Waals surface area contributed by atoms with E-state index >= 15 is 0 Å². The van der Waals surface area contributed by atoms with E-state index < -0.39 is 0 Å². The van der Waals surface area contributed by atoms with Crippen LogP contribution in [0, 0.1) is 22.7 Å². The van der Waals surface area contributed by atoms with Crippen LogP contribution in [0.2, 0.25) is 0 Å². The van der Waals surface area contributed by atoms with Gasteiger partial charge in [0.05, 0.1) is 6.07 Å². The van der Waals surface area contributed by atoms with E-state index in [4.69, 9.17) is 0 Å². The van der Waals surface area contributed by atoms with Gasteiger partial charge < -0.3 is 0 Å². The van der Waals surface area contributed by atoms with Crippen molar-refractivity contribution in [2.75, 3.05) is 0 Å². The minimum absolute atomic E-state index is 0.260. The number of nitrogens with zero attached hydrogens (tertiary/aromatic N) is 1. The molecule has 0 aliphatic heterocycles. The highest BCUT2D eigenvalue weighted by molar-refractivity contribution is 7.09. The van der Waals surface area contributed by atoms with Crippen LogP contribution in [0.1, 0.15) is 44.9 Å². The van der Waals surface area contributed by atoms with Crippen LogP contribution >= 0.6 is 11.3 Å². The summed E-state index contributed by atoms with van der Waals surface area (Å²) < 4.78 is 0. The van der Waals surface area contributed by atoms with Gasteiger partial charge in [-0.1, -0.05) is 26.8 Å². The first kappa shape index (κ1) is 13.6. The lowest BCUT2D eigenvalue weighted by molar-refractivity contribution is 0.114. The zero-order valence-corrected chi connectivity index (χ0v) is 12.3. The Morgan fingerprint density at radius 3 is 2.83 bits per heavy atom. The van der Waals surface area contributed by atoms with Crippen LogP contribution in [0.15, 0.2) is 17.5 Å². The molecule has 18 heavy (non-hydrogen) atoms. The van der Waals surface area contributed by atoms with E-state index in [0.29, 0.717) is 5.92 Å². The number of hydrogen-bond acceptors (Lipinski definition) is 3. The van der Waals surface area contributed by atoms with Crippen molar-refractivity contribution in [2.24, 2.45) is 11.3 Å². The van der Waals surface area contributed by atoms with E-state index in [9.17, 15) is 5.26 Å². The van der Waals surface area contributed by atoms with Crippen LogP contribution in [0.5, 0.6) is 0 Å². The third-order valence-electron chi connectivity index (χ3n) is 3.77. The van der Waals surface area contributed by atoms with Crippen LogP contribution < -0.4 is 5.32 Å². The Morgan fingerprint density at radius 2 is 2.28 bits per heavy atom. The summed E-state index contributed by atoms with van der Waals surface area (Å²) in [5, 5.41) is 15.2. The largest absolute Gasteiger partial charge is 0.294 e. The number of thiophene rings is 1. The molecular weight excluding hydrogens is 240 g/mol. The summed E-state index contributed by atoms with van der Waals surface area (Å²) >= 11 is 1.75. The van der Waals surface area contributed by atoms with Crippen molar-refractivity contribution < 1.29 is 0 Å². The topological polar surface area (TPSA) is 35.8 Å². The minimum Gasteiger partial charge on any atom is -0.294 e. The van der Waals surface area contributed by atoms with Gasteiger partial charge in [0.1, 0.15) is 5.54 Å². The fourth-order valence-electron chi connectivity index (χ4n) is 3.50. The molecule has 0 radical (unpaired) electrons. The summed E-state index contributed by atoms with van der Waals surface area (Å²) in [5.41, 5.74) is -0.0823. The lowest BCUT2D eigenvalue weighted by atomic mass is 9.65. The fraction of sp³-hybridized carbons (Fsp3) is 0.667. The predicted molar refractivity (Wildman–Crippen MR) is 76.3 cm³/mol. The smallest absolute Gasteiger partial charge is 0.107 e. The number of nitriles is 1. The molecule has 1 aromatic heterocycles. The molecule has 0 spiro atoms. The summed E-state index contributed by atoms with van der Waals surface area (Å²) in [6, 6.07) is 6.75. The van der Waals surface area contributed by atoms with Gasteiger partial charge >= 0.3 is 0 Å². The Labute approximate surface area is 114 Å². The van der Waals surface area contributed by atoms with Gasteiger partial charge in [-0.15, -0.1) is 11.3 Å². The first-order valence-electron chi connectivity index (χ1n) is 6.63. The second kappa shape index (κ2) is 5.03. The summed E-state index contributed by atoms with van der Waals surface area (Å²) in [5.74, 6) is 0.615. The van der Waals surface area contributed by atoms with Gasteiger partial charge in [0.25, 0.3) is 0 Å². The molecule has 2 unspecified atom stereocenters. The van der Waals surface area contributed by atoms with E-state index in [1.807, 2.05) is 0 Å². The molecule has 0 bridgehead atoms. The van der Waals surface area contributed by atoms with Gasteiger partial charge in [-0.3, -0.25) is 5.32 Å². The van der Waals surface area contributed by atoms with Crippen LogP contribution in [0.4, 0.5) is 0 Å². The molecule has 98 valence electrons. The first-order chi connectivity index (χ1) is 8.45. The van der Waals surface area contributed by atoms with Crippen molar-refractivity contribution in [3.05, 3.63) is 22.4 Å². The number of rotatable bonds is 3. The molecule has 1 fully saturated rings. The Morgan fingerprint density at radius 1 is 1.50 bits per heavy atom. The minimum atomic E-state index is -0.342. The molecule has 1 heterocycles. The fourth-order valence-corrected chi connectivity index (χ4v) is 4.15. The van der Waals surface area contributed by atoms with Crippen LogP contribution in [0.25, 0.3) is 0 Å². The summed E-state index contributed by atoms with van der Waals surface area (Å²) in [7, 11) is 0. The van der Waals surface area contributed by atoms with Crippen molar-refractivity contribution in [3.8, 4) is 6.07 Å². The van der Waals surface area contributed by atoms with Gasteiger partial charge in [0.15, 0.2) is 0 Å². The molecule has 2 rings (SSSR count). The molecule has 1 saturated carbocycles. The molecule has 1 aromatic rings. The highest BCUT2D eigenvalue weighted by Crippen LogP contribution is 2.43. The average Bonchev–Trinajstić information content (AvgIpc) is 2.76. The molecule has 1 aliphatic carbocycles.